The van der Waals surface area contributed by atoms with Gasteiger partial charge in [-0.2, -0.15) is 13.2 Å². The van der Waals surface area contributed by atoms with Crippen molar-refractivity contribution < 1.29 is 27.6 Å². The van der Waals surface area contributed by atoms with E-state index in [2.05, 4.69) is 5.32 Å². The van der Waals surface area contributed by atoms with Crippen LogP contribution in [-0.2, 0) is 15.7 Å². The predicted molar refractivity (Wildman–Crippen MR) is 86.0 cm³/mol. The highest BCUT2D eigenvalue weighted by atomic mass is 35.5. The largest absolute Gasteiger partial charge is 0.418 e. The lowest BCUT2D eigenvalue weighted by molar-refractivity contribution is -0.384. The van der Waals surface area contributed by atoms with E-state index < -0.39 is 27.4 Å². The lowest BCUT2D eigenvalue weighted by atomic mass is 10.1. The Morgan fingerprint density at radius 3 is 2.80 bits per heavy atom. The fraction of sp³-hybridized carbons (Fsp3) is 0.600. The third kappa shape index (κ3) is 5.72. The van der Waals surface area contributed by atoms with Gasteiger partial charge in [-0.1, -0.05) is 11.6 Å². The van der Waals surface area contributed by atoms with Gasteiger partial charge in [-0.25, -0.2) is 0 Å². The summed E-state index contributed by atoms with van der Waals surface area (Å²) in [6.45, 7) is 1.95. The second-order valence-corrected chi connectivity index (χ2v) is 6.00. The van der Waals surface area contributed by atoms with Gasteiger partial charge in [0, 0.05) is 25.8 Å². The second kappa shape index (κ2) is 8.68. The number of benzene rings is 1. The molecule has 0 spiro atoms. The van der Waals surface area contributed by atoms with Crippen LogP contribution >= 0.6 is 11.6 Å². The van der Waals surface area contributed by atoms with Crippen LogP contribution in [0.4, 0.5) is 24.5 Å². The minimum atomic E-state index is -4.75. The summed E-state index contributed by atoms with van der Waals surface area (Å²) in [7, 11) is 0. The minimum Gasteiger partial charge on any atom is -0.379 e. The molecule has 1 aliphatic heterocycles. The monoisotopic (exact) mass is 382 g/mol. The van der Waals surface area contributed by atoms with E-state index in [1.54, 1.807) is 0 Å². The zero-order chi connectivity index (χ0) is 18.4. The third-order valence-corrected chi connectivity index (χ3v) is 4.01. The van der Waals surface area contributed by atoms with Crippen LogP contribution in [0.5, 0.6) is 0 Å². The summed E-state index contributed by atoms with van der Waals surface area (Å²) in [5.74, 6) is 0. The Bertz CT molecular complexity index is 607. The van der Waals surface area contributed by atoms with Gasteiger partial charge in [0.1, 0.15) is 5.69 Å². The number of nitro groups is 1. The molecule has 0 saturated carbocycles. The molecule has 1 heterocycles. The van der Waals surface area contributed by atoms with Crippen molar-refractivity contribution in [1.29, 1.82) is 0 Å². The van der Waals surface area contributed by atoms with Crippen molar-refractivity contribution in [3.63, 3.8) is 0 Å². The molecule has 1 aliphatic rings. The van der Waals surface area contributed by atoms with E-state index >= 15 is 0 Å². The number of halogens is 4. The van der Waals surface area contributed by atoms with Gasteiger partial charge < -0.3 is 14.8 Å². The van der Waals surface area contributed by atoms with Gasteiger partial charge in [-0.15, -0.1) is 0 Å². The second-order valence-electron chi connectivity index (χ2n) is 5.59. The lowest BCUT2D eigenvalue weighted by Gasteiger charge is -2.13. The van der Waals surface area contributed by atoms with Crippen LogP contribution < -0.4 is 5.32 Å². The average molecular weight is 383 g/mol. The molecule has 1 fully saturated rings. The maximum absolute atomic E-state index is 12.8. The van der Waals surface area contributed by atoms with Crippen LogP contribution in [0.25, 0.3) is 0 Å². The van der Waals surface area contributed by atoms with E-state index in [4.69, 9.17) is 21.1 Å². The summed E-state index contributed by atoms with van der Waals surface area (Å²) < 4.78 is 49.2. The third-order valence-electron chi connectivity index (χ3n) is 3.70. The smallest absolute Gasteiger partial charge is 0.379 e. The number of nitrogens with zero attached hydrogens (tertiary/aromatic N) is 1. The molecule has 1 saturated heterocycles. The molecular weight excluding hydrogens is 365 g/mol. The number of nitrogens with one attached hydrogen (secondary N) is 1. The fourth-order valence-corrected chi connectivity index (χ4v) is 2.73. The minimum absolute atomic E-state index is 0.0536. The van der Waals surface area contributed by atoms with Crippen LogP contribution in [0.1, 0.15) is 24.8 Å². The number of hydrogen-bond acceptors (Lipinski definition) is 5. The zero-order valence-electron chi connectivity index (χ0n) is 13.3. The van der Waals surface area contributed by atoms with Crippen LogP contribution in [0.3, 0.4) is 0 Å². The predicted octanol–water partition coefficient (Wildman–Crippen LogP) is 4.26. The van der Waals surface area contributed by atoms with E-state index in [1.165, 1.54) is 0 Å². The SMILES string of the molecule is O=[N+]([O-])c1cc(C(F)(F)F)c(Cl)cc1NCCCOCC1CCCO1. The molecule has 1 N–H and O–H groups in total. The van der Waals surface area contributed by atoms with Crippen LogP contribution in [-0.4, -0.2) is 37.4 Å². The lowest BCUT2D eigenvalue weighted by Crippen LogP contribution is -2.16. The summed E-state index contributed by atoms with van der Waals surface area (Å²) in [5.41, 5.74) is -1.95. The number of hydrogen-bond donors (Lipinski definition) is 1. The molecule has 1 atom stereocenters. The van der Waals surface area contributed by atoms with E-state index in [1.807, 2.05) is 0 Å². The Balaban J connectivity index is 1.87. The molecule has 1 aromatic carbocycles. The van der Waals surface area contributed by atoms with Crippen molar-refractivity contribution in [3.05, 3.63) is 32.8 Å². The van der Waals surface area contributed by atoms with E-state index in [0.29, 0.717) is 32.2 Å². The number of anilines is 1. The van der Waals surface area contributed by atoms with E-state index in [0.717, 1.165) is 25.5 Å². The highest BCUT2D eigenvalue weighted by molar-refractivity contribution is 6.31. The molecule has 0 amide bonds. The van der Waals surface area contributed by atoms with Crippen molar-refractivity contribution in [2.24, 2.45) is 0 Å². The molecule has 2 rings (SSSR count). The van der Waals surface area contributed by atoms with Crippen molar-refractivity contribution in [1.82, 2.24) is 0 Å². The first-order valence-electron chi connectivity index (χ1n) is 7.77. The highest BCUT2D eigenvalue weighted by Crippen LogP contribution is 2.40. The molecule has 0 aromatic heterocycles. The average Bonchev–Trinajstić information content (AvgIpc) is 3.02. The van der Waals surface area contributed by atoms with Crippen LogP contribution in [0.2, 0.25) is 5.02 Å². The maximum atomic E-state index is 12.8. The number of ether oxygens (including phenoxy) is 2. The zero-order valence-corrected chi connectivity index (χ0v) is 14.0. The first kappa shape index (κ1) is 19.7. The fourth-order valence-electron chi connectivity index (χ4n) is 2.46. The first-order valence-corrected chi connectivity index (χ1v) is 8.15. The topological polar surface area (TPSA) is 73.6 Å². The highest BCUT2D eigenvalue weighted by Gasteiger charge is 2.36. The molecule has 140 valence electrons. The Hall–Kier alpha value is -1.58. The molecular formula is C15H18ClF3N2O4. The normalized spacial score (nSPS) is 17.7. The molecule has 25 heavy (non-hydrogen) atoms. The van der Waals surface area contributed by atoms with Crippen molar-refractivity contribution in [2.75, 3.05) is 31.7 Å². The summed E-state index contributed by atoms with van der Waals surface area (Å²) in [6, 6.07) is 1.37. The number of rotatable bonds is 8. The molecule has 0 radical (unpaired) electrons. The van der Waals surface area contributed by atoms with Gasteiger partial charge in [0.15, 0.2) is 0 Å². The van der Waals surface area contributed by atoms with Crippen molar-refractivity contribution >= 4 is 23.0 Å². The summed E-state index contributed by atoms with van der Waals surface area (Å²) in [4.78, 5) is 10.1. The maximum Gasteiger partial charge on any atom is 0.418 e. The van der Waals surface area contributed by atoms with E-state index in [9.17, 15) is 23.3 Å². The number of alkyl halides is 3. The Kier molecular flexibility index (Phi) is 6.86. The molecule has 1 aromatic rings. The Morgan fingerprint density at radius 1 is 1.44 bits per heavy atom. The van der Waals surface area contributed by atoms with Crippen molar-refractivity contribution in [3.8, 4) is 0 Å². The van der Waals surface area contributed by atoms with Gasteiger partial charge in [0.25, 0.3) is 5.69 Å². The molecule has 6 nitrogen and oxygen atoms in total. The quantitative estimate of drug-likeness (QED) is 0.413. The Labute approximate surface area is 147 Å². The Morgan fingerprint density at radius 2 is 2.20 bits per heavy atom. The van der Waals surface area contributed by atoms with Crippen LogP contribution in [0, 0.1) is 10.1 Å². The summed E-state index contributed by atoms with van der Waals surface area (Å²) >= 11 is 5.60. The van der Waals surface area contributed by atoms with Crippen LogP contribution in [0.15, 0.2) is 12.1 Å². The van der Waals surface area contributed by atoms with Crippen molar-refractivity contribution in [2.45, 2.75) is 31.5 Å². The first-order chi connectivity index (χ1) is 11.8. The standard InChI is InChI=1S/C15H18ClF3N2O4/c16-12-8-13(14(21(22)23)7-11(12)15(17,18)19)20-4-2-5-24-9-10-3-1-6-25-10/h7-8,10,20H,1-6,9H2. The van der Waals surface area contributed by atoms with Gasteiger partial charge in [-0.05, 0) is 25.3 Å². The summed E-state index contributed by atoms with van der Waals surface area (Å²) in [6.07, 6.45) is -2.12. The van der Waals surface area contributed by atoms with Gasteiger partial charge in [0.05, 0.1) is 28.2 Å². The number of nitro benzene ring substituents is 1. The molecule has 10 heteroatoms. The molecule has 1 unspecified atom stereocenters. The molecule has 0 bridgehead atoms. The van der Waals surface area contributed by atoms with Gasteiger partial charge in [-0.3, -0.25) is 10.1 Å². The molecule has 0 aliphatic carbocycles. The summed E-state index contributed by atoms with van der Waals surface area (Å²) in [5, 5.41) is 13.2. The van der Waals surface area contributed by atoms with E-state index in [-0.39, 0.29) is 11.8 Å². The van der Waals surface area contributed by atoms with Gasteiger partial charge in [0.2, 0.25) is 0 Å². The van der Waals surface area contributed by atoms with Gasteiger partial charge >= 0.3 is 6.18 Å².